The SMILES string of the molecule is Cn1c2c(c3ccc(Br)cc31)C(C)(C)N(C(=O)O)CC2. The first-order valence-corrected chi connectivity index (χ1v) is 7.41. The Balaban J connectivity index is 2.34. The average Bonchev–Trinajstić information content (AvgIpc) is 2.63. The molecule has 4 nitrogen and oxygen atoms in total. The van der Waals surface area contributed by atoms with Crippen molar-refractivity contribution in [3.63, 3.8) is 0 Å². The maximum atomic E-state index is 11.5. The Hall–Kier alpha value is -1.49. The zero-order valence-corrected chi connectivity index (χ0v) is 13.4. The van der Waals surface area contributed by atoms with Crippen LogP contribution in [0.2, 0.25) is 0 Å². The fourth-order valence-electron chi connectivity index (χ4n) is 3.40. The minimum atomic E-state index is -0.852. The summed E-state index contributed by atoms with van der Waals surface area (Å²) in [5.41, 5.74) is 3.01. The smallest absolute Gasteiger partial charge is 0.408 e. The molecule has 1 aromatic carbocycles. The third-order valence-corrected chi connectivity index (χ3v) is 4.87. The van der Waals surface area contributed by atoms with Crippen LogP contribution in [0.3, 0.4) is 0 Å². The quantitative estimate of drug-likeness (QED) is 0.796. The number of aromatic nitrogens is 1. The van der Waals surface area contributed by atoms with Crippen molar-refractivity contribution in [2.45, 2.75) is 25.8 Å². The Morgan fingerprint density at radius 2 is 2.10 bits per heavy atom. The minimum absolute atomic E-state index is 0.507. The first kappa shape index (κ1) is 13.5. The molecule has 0 radical (unpaired) electrons. The van der Waals surface area contributed by atoms with Gasteiger partial charge in [0.25, 0.3) is 0 Å². The molecular weight excluding hydrogens is 320 g/mol. The second-order valence-corrected chi connectivity index (χ2v) is 6.70. The van der Waals surface area contributed by atoms with Gasteiger partial charge in [0, 0.05) is 46.6 Å². The highest BCUT2D eigenvalue weighted by molar-refractivity contribution is 9.10. The van der Waals surface area contributed by atoms with E-state index in [1.165, 1.54) is 10.6 Å². The molecule has 1 amide bonds. The molecule has 0 unspecified atom stereocenters. The molecule has 2 heterocycles. The van der Waals surface area contributed by atoms with Gasteiger partial charge in [-0.15, -0.1) is 0 Å². The summed E-state index contributed by atoms with van der Waals surface area (Å²) in [7, 11) is 2.06. The van der Waals surface area contributed by atoms with E-state index < -0.39 is 11.6 Å². The van der Waals surface area contributed by atoms with E-state index in [2.05, 4.69) is 39.7 Å². The maximum Gasteiger partial charge on any atom is 0.408 e. The van der Waals surface area contributed by atoms with Gasteiger partial charge in [0.2, 0.25) is 0 Å². The van der Waals surface area contributed by atoms with E-state index in [0.29, 0.717) is 6.54 Å². The Morgan fingerprint density at radius 1 is 1.40 bits per heavy atom. The zero-order valence-electron chi connectivity index (χ0n) is 11.8. The van der Waals surface area contributed by atoms with Crippen molar-refractivity contribution in [1.29, 1.82) is 0 Å². The Labute approximate surface area is 126 Å². The van der Waals surface area contributed by atoms with Crippen LogP contribution < -0.4 is 0 Å². The van der Waals surface area contributed by atoms with E-state index in [1.807, 2.05) is 19.9 Å². The van der Waals surface area contributed by atoms with Crippen molar-refractivity contribution >= 4 is 32.9 Å². The number of halogens is 1. The van der Waals surface area contributed by atoms with Gasteiger partial charge in [0.1, 0.15) is 0 Å². The van der Waals surface area contributed by atoms with Crippen LogP contribution in [0.5, 0.6) is 0 Å². The fraction of sp³-hybridized carbons (Fsp3) is 0.400. The number of carbonyl (C=O) groups is 1. The highest BCUT2D eigenvalue weighted by Gasteiger charge is 2.40. The molecule has 1 aliphatic heterocycles. The third kappa shape index (κ3) is 1.69. The molecule has 0 saturated carbocycles. The molecule has 0 bridgehead atoms. The van der Waals surface area contributed by atoms with Gasteiger partial charge in [-0.25, -0.2) is 4.79 Å². The van der Waals surface area contributed by atoms with Crippen LogP contribution in [0, 0.1) is 0 Å². The number of hydrogen-bond acceptors (Lipinski definition) is 1. The molecule has 106 valence electrons. The van der Waals surface area contributed by atoms with E-state index in [9.17, 15) is 9.90 Å². The van der Waals surface area contributed by atoms with Crippen molar-refractivity contribution in [2.75, 3.05) is 6.54 Å². The van der Waals surface area contributed by atoms with Crippen LogP contribution in [0.1, 0.15) is 25.1 Å². The number of benzene rings is 1. The van der Waals surface area contributed by atoms with E-state index in [-0.39, 0.29) is 0 Å². The molecule has 5 heteroatoms. The molecule has 0 fully saturated rings. The van der Waals surface area contributed by atoms with Crippen LogP contribution in [0.4, 0.5) is 4.79 Å². The first-order valence-electron chi connectivity index (χ1n) is 6.62. The van der Waals surface area contributed by atoms with Gasteiger partial charge in [-0.1, -0.05) is 22.0 Å². The summed E-state index contributed by atoms with van der Waals surface area (Å²) in [6.45, 7) is 4.52. The van der Waals surface area contributed by atoms with E-state index in [4.69, 9.17) is 0 Å². The Kier molecular flexibility index (Phi) is 2.87. The molecule has 3 rings (SSSR count). The molecule has 0 aliphatic carbocycles. The van der Waals surface area contributed by atoms with Crippen LogP contribution in [0.25, 0.3) is 10.9 Å². The van der Waals surface area contributed by atoms with E-state index >= 15 is 0 Å². The van der Waals surface area contributed by atoms with Crippen molar-refractivity contribution in [3.05, 3.63) is 33.9 Å². The lowest BCUT2D eigenvalue weighted by Crippen LogP contribution is -2.49. The highest BCUT2D eigenvalue weighted by Crippen LogP contribution is 2.41. The number of fused-ring (bicyclic) bond motifs is 3. The molecule has 20 heavy (non-hydrogen) atoms. The maximum absolute atomic E-state index is 11.5. The van der Waals surface area contributed by atoms with Crippen molar-refractivity contribution in [1.82, 2.24) is 9.47 Å². The molecule has 0 spiro atoms. The Morgan fingerprint density at radius 3 is 2.75 bits per heavy atom. The molecular formula is C15H17BrN2O2. The molecule has 1 aliphatic rings. The normalized spacial score (nSPS) is 17.3. The summed E-state index contributed by atoms with van der Waals surface area (Å²) in [5, 5.41) is 10.6. The predicted molar refractivity (Wildman–Crippen MR) is 82.1 cm³/mol. The van der Waals surface area contributed by atoms with Crippen LogP contribution in [-0.2, 0) is 19.0 Å². The largest absolute Gasteiger partial charge is 0.465 e. The molecule has 2 aromatic rings. The lowest BCUT2D eigenvalue weighted by molar-refractivity contribution is 0.0852. The molecule has 0 atom stereocenters. The summed E-state index contributed by atoms with van der Waals surface area (Å²) in [4.78, 5) is 13.0. The van der Waals surface area contributed by atoms with Gasteiger partial charge >= 0.3 is 6.09 Å². The number of aryl methyl sites for hydroxylation is 1. The van der Waals surface area contributed by atoms with Crippen LogP contribution in [-0.4, -0.2) is 27.2 Å². The standard InChI is InChI=1S/C15H17BrN2O2/c1-15(2)13-10-5-4-9(16)8-12(10)17(3)11(13)6-7-18(15)14(19)20/h4-5,8H,6-7H2,1-3H3,(H,19,20). The number of nitrogens with zero attached hydrogens (tertiary/aromatic N) is 2. The first-order chi connectivity index (χ1) is 9.34. The monoisotopic (exact) mass is 336 g/mol. The van der Waals surface area contributed by atoms with E-state index in [1.54, 1.807) is 0 Å². The summed E-state index contributed by atoms with van der Waals surface area (Å²) in [5.74, 6) is 0. The minimum Gasteiger partial charge on any atom is -0.465 e. The average molecular weight is 337 g/mol. The fourth-order valence-corrected chi connectivity index (χ4v) is 3.75. The van der Waals surface area contributed by atoms with Crippen molar-refractivity contribution < 1.29 is 9.90 Å². The molecule has 1 aromatic heterocycles. The van der Waals surface area contributed by atoms with Gasteiger partial charge in [0.15, 0.2) is 0 Å². The van der Waals surface area contributed by atoms with Gasteiger partial charge in [-0.05, 0) is 26.0 Å². The third-order valence-electron chi connectivity index (χ3n) is 4.37. The second kappa shape index (κ2) is 4.25. The van der Waals surface area contributed by atoms with Gasteiger partial charge in [-0.2, -0.15) is 0 Å². The predicted octanol–water partition coefficient (Wildman–Crippen LogP) is 3.71. The van der Waals surface area contributed by atoms with Crippen molar-refractivity contribution in [3.8, 4) is 0 Å². The summed E-state index contributed by atoms with van der Waals surface area (Å²) < 4.78 is 3.23. The summed E-state index contributed by atoms with van der Waals surface area (Å²) in [6, 6.07) is 6.18. The van der Waals surface area contributed by atoms with E-state index in [0.717, 1.165) is 27.4 Å². The van der Waals surface area contributed by atoms with Gasteiger partial charge in [0.05, 0.1) is 5.54 Å². The lowest BCUT2D eigenvalue weighted by atomic mass is 9.85. The second-order valence-electron chi connectivity index (χ2n) is 5.79. The summed E-state index contributed by atoms with van der Waals surface area (Å²) in [6.07, 6.45) is -0.0943. The molecule has 1 N–H and O–H groups in total. The number of hydrogen-bond donors (Lipinski definition) is 1. The number of carboxylic acid groups (broad SMARTS) is 1. The van der Waals surface area contributed by atoms with Gasteiger partial charge < -0.3 is 9.67 Å². The number of rotatable bonds is 0. The molecule has 0 saturated heterocycles. The lowest BCUT2D eigenvalue weighted by Gasteiger charge is -2.41. The highest BCUT2D eigenvalue weighted by atomic mass is 79.9. The Bertz CT molecular complexity index is 718. The number of amides is 1. The zero-order chi connectivity index (χ0) is 14.7. The summed E-state index contributed by atoms with van der Waals surface area (Å²) >= 11 is 3.51. The van der Waals surface area contributed by atoms with Crippen LogP contribution >= 0.6 is 15.9 Å². The van der Waals surface area contributed by atoms with Gasteiger partial charge in [-0.3, -0.25) is 4.90 Å². The topological polar surface area (TPSA) is 45.5 Å². The van der Waals surface area contributed by atoms with Crippen molar-refractivity contribution in [2.24, 2.45) is 7.05 Å². The van der Waals surface area contributed by atoms with Crippen LogP contribution in [0.15, 0.2) is 22.7 Å².